The molecular formula is C22H21N3O2S2. The number of aromatic nitrogens is 2. The van der Waals surface area contributed by atoms with Gasteiger partial charge in [-0.15, -0.1) is 0 Å². The molecule has 3 aromatic carbocycles. The van der Waals surface area contributed by atoms with Crippen LogP contribution in [0.2, 0.25) is 0 Å². The molecule has 2 N–H and O–H groups in total. The zero-order valence-electron chi connectivity index (χ0n) is 15.9. The maximum atomic E-state index is 11.7. The third-order valence-corrected chi connectivity index (χ3v) is 6.97. The van der Waals surface area contributed by atoms with E-state index >= 15 is 0 Å². The van der Waals surface area contributed by atoms with Crippen LogP contribution < -0.4 is 5.14 Å². The van der Waals surface area contributed by atoms with Gasteiger partial charge in [0.05, 0.1) is 21.2 Å². The molecule has 148 valence electrons. The Hall–Kier alpha value is -2.61. The number of aryl methyl sites for hydroxylation is 1. The van der Waals surface area contributed by atoms with Gasteiger partial charge in [-0.3, -0.25) is 0 Å². The first-order chi connectivity index (χ1) is 14.0. The molecule has 0 aliphatic rings. The first kappa shape index (κ1) is 19.7. The van der Waals surface area contributed by atoms with E-state index in [0.29, 0.717) is 5.52 Å². The van der Waals surface area contributed by atoms with E-state index < -0.39 is 10.0 Å². The fourth-order valence-electron chi connectivity index (χ4n) is 3.35. The molecular weight excluding hydrogens is 402 g/mol. The summed E-state index contributed by atoms with van der Waals surface area (Å²) >= 11 is 1.66. The number of sulfonamides is 1. The van der Waals surface area contributed by atoms with Gasteiger partial charge >= 0.3 is 0 Å². The summed E-state index contributed by atoms with van der Waals surface area (Å²) < 4.78 is 25.6. The van der Waals surface area contributed by atoms with Crippen LogP contribution in [0.1, 0.15) is 23.3 Å². The normalized spacial score (nSPS) is 12.0. The third kappa shape index (κ3) is 4.07. The molecule has 0 unspecified atom stereocenters. The maximum Gasteiger partial charge on any atom is 0.238 e. The van der Waals surface area contributed by atoms with E-state index in [1.54, 1.807) is 23.9 Å². The van der Waals surface area contributed by atoms with Crippen molar-refractivity contribution < 1.29 is 8.42 Å². The van der Waals surface area contributed by atoms with Crippen LogP contribution in [0.3, 0.4) is 0 Å². The number of thioether (sulfide) groups is 1. The lowest BCUT2D eigenvalue weighted by atomic mass is 10.0. The number of nitrogens with zero attached hydrogens (tertiary/aromatic N) is 2. The number of nitrogens with two attached hydrogens (primary N) is 1. The van der Waals surface area contributed by atoms with Crippen molar-refractivity contribution in [3.63, 3.8) is 0 Å². The Morgan fingerprint density at radius 3 is 2.07 bits per heavy atom. The van der Waals surface area contributed by atoms with Crippen molar-refractivity contribution in [1.29, 1.82) is 0 Å². The molecule has 0 amide bonds. The summed E-state index contributed by atoms with van der Waals surface area (Å²) in [5.74, 6) is 0. The van der Waals surface area contributed by atoms with Gasteiger partial charge in [0.1, 0.15) is 0 Å². The SMILES string of the molecule is CCn1c(SC(c2ccccc2)c2ccccc2)nc2cc(S(N)(=O)=O)ccc21. The highest BCUT2D eigenvalue weighted by Gasteiger charge is 2.21. The number of fused-ring (bicyclic) bond motifs is 1. The highest BCUT2D eigenvalue weighted by Crippen LogP contribution is 2.41. The number of imidazole rings is 1. The number of rotatable bonds is 6. The smallest absolute Gasteiger partial charge is 0.238 e. The quantitative estimate of drug-likeness (QED) is 0.460. The molecule has 0 saturated carbocycles. The first-order valence-electron chi connectivity index (χ1n) is 9.27. The minimum atomic E-state index is -3.77. The van der Waals surface area contributed by atoms with Gasteiger partial charge in [-0.1, -0.05) is 72.4 Å². The van der Waals surface area contributed by atoms with Gasteiger partial charge in [0.15, 0.2) is 5.16 Å². The van der Waals surface area contributed by atoms with E-state index in [-0.39, 0.29) is 10.1 Å². The van der Waals surface area contributed by atoms with E-state index in [0.717, 1.165) is 17.2 Å². The van der Waals surface area contributed by atoms with Crippen LogP contribution in [-0.2, 0) is 16.6 Å². The van der Waals surface area contributed by atoms with E-state index in [4.69, 9.17) is 10.1 Å². The largest absolute Gasteiger partial charge is 0.319 e. The molecule has 4 aromatic rings. The van der Waals surface area contributed by atoms with E-state index in [2.05, 4.69) is 35.8 Å². The molecule has 0 saturated heterocycles. The molecule has 1 heterocycles. The summed E-state index contributed by atoms with van der Waals surface area (Å²) in [5.41, 5.74) is 3.88. The Morgan fingerprint density at radius 2 is 1.55 bits per heavy atom. The molecule has 29 heavy (non-hydrogen) atoms. The Kier molecular flexibility index (Phi) is 5.45. The molecule has 0 aliphatic carbocycles. The minimum Gasteiger partial charge on any atom is -0.319 e. The Bertz CT molecular complexity index is 1200. The second-order valence-electron chi connectivity index (χ2n) is 6.65. The Balaban J connectivity index is 1.82. The van der Waals surface area contributed by atoms with Crippen molar-refractivity contribution in [2.75, 3.05) is 0 Å². The van der Waals surface area contributed by atoms with E-state index in [1.165, 1.54) is 17.2 Å². The lowest BCUT2D eigenvalue weighted by molar-refractivity contribution is 0.598. The average Bonchev–Trinajstić information content (AvgIpc) is 3.09. The highest BCUT2D eigenvalue weighted by atomic mass is 32.2. The third-order valence-electron chi connectivity index (χ3n) is 4.76. The molecule has 0 bridgehead atoms. The number of benzene rings is 3. The molecule has 0 fully saturated rings. The minimum absolute atomic E-state index is 0.0669. The molecule has 0 radical (unpaired) electrons. The lowest BCUT2D eigenvalue weighted by Crippen LogP contribution is -2.11. The van der Waals surface area contributed by atoms with Gasteiger partial charge in [0, 0.05) is 6.54 Å². The van der Waals surface area contributed by atoms with Crippen LogP contribution >= 0.6 is 11.8 Å². The van der Waals surface area contributed by atoms with Crippen LogP contribution in [0.25, 0.3) is 11.0 Å². The fourth-order valence-corrected chi connectivity index (χ4v) is 5.19. The zero-order valence-corrected chi connectivity index (χ0v) is 17.5. The molecule has 4 rings (SSSR count). The number of hydrogen-bond donors (Lipinski definition) is 1. The van der Waals surface area contributed by atoms with Gasteiger partial charge in [-0.2, -0.15) is 0 Å². The predicted molar refractivity (Wildman–Crippen MR) is 117 cm³/mol. The second-order valence-corrected chi connectivity index (χ2v) is 9.29. The van der Waals surface area contributed by atoms with E-state index in [1.807, 2.05) is 36.4 Å². The summed E-state index contributed by atoms with van der Waals surface area (Å²) in [7, 11) is -3.77. The topological polar surface area (TPSA) is 78.0 Å². The molecule has 0 aliphatic heterocycles. The van der Waals surface area contributed by atoms with Crippen LogP contribution in [0.15, 0.2) is 88.9 Å². The standard InChI is InChI=1S/C22H21N3O2S2/c1-2-25-20-14-13-18(29(23,26)27)15-19(20)24-22(25)28-21(16-9-5-3-6-10-16)17-11-7-4-8-12-17/h3-15,21H,2H2,1H3,(H2,23,26,27). The summed E-state index contributed by atoms with van der Waals surface area (Å²) in [6.45, 7) is 2.78. The van der Waals surface area contributed by atoms with Crippen LogP contribution in [0.4, 0.5) is 0 Å². The average molecular weight is 424 g/mol. The van der Waals surface area contributed by atoms with Gasteiger partial charge < -0.3 is 4.57 Å². The van der Waals surface area contributed by atoms with Crippen molar-refractivity contribution in [3.8, 4) is 0 Å². The van der Waals surface area contributed by atoms with Gasteiger partial charge in [-0.05, 0) is 36.2 Å². The predicted octanol–water partition coefficient (Wildman–Crippen LogP) is 4.59. The lowest BCUT2D eigenvalue weighted by Gasteiger charge is -2.18. The van der Waals surface area contributed by atoms with Crippen LogP contribution in [0.5, 0.6) is 0 Å². The van der Waals surface area contributed by atoms with Crippen molar-refractivity contribution in [3.05, 3.63) is 90.0 Å². The monoisotopic (exact) mass is 423 g/mol. The molecule has 7 heteroatoms. The number of hydrogen-bond acceptors (Lipinski definition) is 4. The van der Waals surface area contributed by atoms with Gasteiger partial charge in [0.25, 0.3) is 0 Å². The van der Waals surface area contributed by atoms with Crippen LogP contribution in [-0.4, -0.2) is 18.0 Å². The van der Waals surface area contributed by atoms with E-state index in [9.17, 15) is 8.42 Å². The molecule has 1 aromatic heterocycles. The summed E-state index contributed by atoms with van der Waals surface area (Å²) in [6.07, 6.45) is 0. The molecule has 5 nitrogen and oxygen atoms in total. The zero-order chi connectivity index (χ0) is 20.4. The van der Waals surface area contributed by atoms with Gasteiger partial charge in [0.2, 0.25) is 10.0 Å². The Morgan fingerprint density at radius 1 is 0.966 bits per heavy atom. The molecule has 0 atom stereocenters. The summed E-state index contributed by atoms with van der Waals surface area (Å²) in [5, 5.41) is 6.20. The highest BCUT2D eigenvalue weighted by molar-refractivity contribution is 7.99. The fraction of sp³-hybridized carbons (Fsp3) is 0.136. The van der Waals surface area contributed by atoms with Crippen molar-refractivity contribution in [1.82, 2.24) is 9.55 Å². The molecule has 0 spiro atoms. The first-order valence-corrected chi connectivity index (χ1v) is 11.7. The summed E-state index contributed by atoms with van der Waals surface area (Å²) in [4.78, 5) is 4.83. The van der Waals surface area contributed by atoms with Crippen molar-refractivity contribution in [2.45, 2.75) is 28.8 Å². The van der Waals surface area contributed by atoms with Crippen LogP contribution in [0, 0.1) is 0 Å². The van der Waals surface area contributed by atoms with Gasteiger partial charge in [-0.25, -0.2) is 18.5 Å². The van der Waals surface area contributed by atoms with Crippen molar-refractivity contribution >= 4 is 32.8 Å². The second kappa shape index (κ2) is 8.02. The maximum absolute atomic E-state index is 11.7. The number of primary sulfonamides is 1. The summed E-state index contributed by atoms with van der Waals surface area (Å²) in [6, 6.07) is 25.5. The Labute approximate surface area is 174 Å². The van der Waals surface area contributed by atoms with Crippen molar-refractivity contribution in [2.24, 2.45) is 5.14 Å².